The van der Waals surface area contributed by atoms with Crippen LogP contribution < -0.4 is 10.6 Å². The van der Waals surface area contributed by atoms with Gasteiger partial charge in [0, 0.05) is 0 Å². The summed E-state index contributed by atoms with van der Waals surface area (Å²) in [4.78, 5) is 0. The maximum Gasteiger partial charge on any atom is 0.0608 e. The average Bonchev–Trinajstić information content (AvgIpc) is 2.24. The van der Waals surface area contributed by atoms with E-state index in [0.29, 0.717) is 0 Å². The van der Waals surface area contributed by atoms with Gasteiger partial charge in [-0.25, -0.2) is 0 Å². The summed E-state index contributed by atoms with van der Waals surface area (Å²) in [6.07, 6.45) is 4.18. The van der Waals surface area contributed by atoms with E-state index < -0.39 is 0 Å². The molecule has 1 rings (SSSR count). The minimum atomic E-state index is 0.942. The molecule has 4 heteroatoms. The zero-order valence-corrected chi connectivity index (χ0v) is 10.2. The zero-order chi connectivity index (χ0) is 10.2. The lowest BCUT2D eigenvalue weighted by Gasteiger charge is -2.12. The van der Waals surface area contributed by atoms with Gasteiger partial charge in [-0.2, -0.15) is 0 Å². The van der Waals surface area contributed by atoms with Crippen LogP contribution in [0, 0.1) is 0 Å². The molecular formula is C10H16N2S2. The minimum absolute atomic E-state index is 0.942. The van der Waals surface area contributed by atoms with Gasteiger partial charge in [-0.1, -0.05) is 12.1 Å². The van der Waals surface area contributed by atoms with Gasteiger partial charge in [-0.3, -0.25) is 0 Å². The molecule has 2 N–H and O–H groups in total. The van der Waals surface area contributed by atoms with Crippen LogP contribution in [0.25, 0.3) is 0 Å². The maximum absolute atomic E-state index is 3.36. The summed E-state index contributed by atoms with van der Waals surface area (Å²) in [6, 6.07) is 8.29. The van der Waals surface area contributed by atoms with Crippen molar-refractivity contribution in [3.63, 3.8) is 0 Å². The number of anilines is 2. The molecule has 0 amide bonds. The summed E-state index contributed by atoms with van der Waals surface area (Å²) < 4.78 is 0. The number of nitrogens with one attached hydrogen (secondary N) is 2. The first kappa shape index (κ1) is 11.6. The number of benzene rings is 1. The molecule has 1 aromatic carbocycles. The van der Waals surface area contributed by atoms with Gasteiger partial charge in [0.1, 0.15) is 0 Å². The smallest absolute Gasteiger partial charge is 0.0608 e. The maximum atomic E-state index is 3.36. The zero-order valence-electron chi connectivity index (χ0n) is 8.54. The van der Waals surface area contributed by atoms with E-state index in [9.17, 15) is 0 Å². The predicted molar refractivity (Wildman–Crippen MR) is 70.5 cm³/mol. The molecule has 0 heterocycles. The molecule has 0 aliphatic rings. The van der Waals surface area contributed by atoms with Gasteiger partial charge in [0.2, 0.25) is 0 Å². The van der Waals surface area contributed by atoms with Crippen molar-refractivity contribution in [3.05, 3.63) is 24.3 Å². The fraction of sp³-hybridized carbons (Fsp3) is 0.400. The van der Waals surface area contributed by atoms with E-state index in [2.05, 4.69) is 35.3 Å². The van der Waals surface area contributed by atoms with Crippen molar-refractivity contribution in [1.29, 1.82) is 0 Å². The largest absolute Gasteiger partial charge is 0.374 e. The molecule has 0 bridgehead atoms. The molecule has 0 spiro atoms. The van der Waals surface area contributed by atoms with E-state index in [-0.39, 0.29) is 0 Å². The van der Waals surface area contributed by atoms with Gasteiger partial charge >= 0.3 is 0 Å². The highest BCUT2D eigenvalue weighted by Gasteiger charge is 1.98. The van der Waals surface area contributed by atoms with Crippen molar-refractivity contribution in [2.24, 2.45) is 0 Å². The van der Waals surface area contributed by atoms with E-state index in [1.54, 1.807) is 23.5 Å². The second-order valence-electron chi connectivity index (χ2n) is 2.77. The molecule has 0 fully saturated rings. The molecule has 0 aliphatic heterocycles. The lowest BCUT2D eigenvalue weighted by molar-refractivity contribution is 1.40. The number of rotatable bonds is 6. The van der Waals surface area contributed by atoms with Crippen LogP contribution in [0.2, 0.25) is 0 Å². The summed E-state index contributed by atoms with van der Waals surface area (Å²) in [7, 11) is 0. The predicted octanol–water partition coefficient (Wildman–Crippen LogP) is 3.15. The van der Waals surface area contributed by atoms with Crippen molar-refractivity contribution in [2.75, 3.05) is 34.9 Å². The lowest BCUT2D eigenvalue weighted by Crippen LogP contribution is -2.03. The van der Waals surface area contributed by atoms with Crippen molar-refractivity contribution in [3.8, 4) is 0 Å². The van der Waals surface area contributed by atoms with Crippen molar-refractivity contribution in [2.45, 2.75) is 0 Å². The van der Waals surface area contributed by atoms with Gasteiger partial charge in [0.15, 0.2) is 0 Å². The molecule has 1 aromatic rings. The molecular weight excluding hydrogens is 212 g/mol. The summed E-state index contributed by atoms with van der Waals surface area (Å²) >= 11 is 3.57. The highest BCUT2D eigenvalue weighted by Crippen LogP contribution is 2.21. The van der Waals surface area contributed by atoms with Gasteiger partial charge in [-0.05, 0) is 24.6 Å². The topological polar surface area (TPSA) is 24.1 Å². The third-order valence-electron chi connectivity index (χ3n) is 1.74. The molecule has 0 saturated heterocycles. The van der Waals surface area contributed by atoms with Gasteiger partial charge < -0.3 is 10.6 Å². The minimum Gasteiger partial charge on any atom is -0.374 e. The third kappa shape index (κ3) is 3.72. The Morgan fingerprint density at radius 2 is 1.36 bits per heavy atom. The van der Waals surface area contributed by atoms with Gasteiger partial charge in [0.05, 0.1) is 23.1 Å². The molecule has 0 aromatic heterocycles. The van der Waals surface area contributed by atoms with Crippen LogP contribution in [0.1, 0.15) is 0 Å². The van der Waals surface area contributed by atoms with Crippen LogP contribution in [-0.2, 0) is 0 Å². The SMILES string of the molecule is CSCNc1ccccc1NCSC. The second kappa shape index (κ2) is 6.90. The number of hydrogen-bond donors (Lipinski definition) is 2. The molecule has 0 aliphatic carbocycles. The first-order valence-electron chi connectivity index (χ1n) is 4.43. The number of hydrogen-bond acceptors (Lipinski definition) is 4. The lowest BCUT2D eigenvalue weighted by atomic mass is 10.3. The van der Waals surface area contributed by atoms with Crippen LogP contribution in [0.15, 0.2) is 24.3 Å². The average molecular weight is 228 g/mol. The Labute approximate surface area is 94.2 Å². The molecule has 14 heavy (non-hydrogen) atoms. The summed E-state index contributed by atoms with van der Waals surface area (Å²) in [5.74, 6) is 1.88. The van der Waals surface area contributed by atoms with Crippen LogP contribution in [0.3, 0.4) is 0 Å². The van der Waals surface area contributed by atoms with Crippen LogP contribution in [-0.4, -0.2) is 24.3 Å². The van der Waals surface area contributed by atoms with Crippen LogP contribution >= 0.6 is 23.5 Å². The second-order valence-corrected chi connectivity index (χ2v) is 4.50. The van der Waals surface area contributed by atoms with Crippen molar-refractivity contribution < 1.29 is 0 Å². The Morgan fingerprint density at radius 1 is 0.929 bits per heavy atom. The number of thioether (sulfide) groups is 2. The van der Waals surface area contributed by atoms with E-state index in [1.807, 2.05) is 12.1 Å². The fourth-order valence-electron chi connectivity index (χ4n) is 1.09. The normalized spacial score (nSPS) is 9.86. The van der Waals surface area contributed by atoms with E-state index in [4.69, 9.17) is 0 Å². The number of para-hydroxylation sites is 2. The standard InChI is InChI=1S/C10H16N2S2/c1-13-7-11-9-5-3-4-6-10(9)12-8-14-2/h3-6,11-12H,7-8H2,1-2H3. The molecule has 0 saturated carbocycles. The molecule has 0 radical (unpaired) electrons. The van der Waals surface area contributed by atoms with E-state index >= 15 is 0 Å². The van der Waals surface area contributed by atoms with Crippen LogP contribution in [0.4, 0.5) is 11.4 Å². The van der Waals surface area contributed by atoms with Crippen molar-refractivity contribution in [1.82, 2.24) is 0 Å². The Kier molecular flexibility index (Phi) is 5.71. The molecule has 0 atom stereocenters. The Morgan fingerprint density at radius 3 is 1.71 bits per heavy atom. The molecule has 0 unspecified atom stereocenters. The monoisotopic (exact) mass is 228 g/mol. The van der Waals surface area contributed by atoms with Gasteiger partial charge in [0.25, 0.3) is 0 Å². The highest BCUT2D eigenvalue weighted by atomic mass is 32.2. The molecule has 2 nitrogen and oxygen atoms in total. The Hall–Kier alpha value is -0.480. The summed E-state index contributed by atoms with van der Waals surface area (Å²) in [5.41, 5.74) is 2.35. The third-order valence-corrected chi connectivity index (χ3v) is 2.61. The Balaban J connectivity index is 2.60. The van der Waals surface area contributed by atoms with Crippen molar-refractivity contribution >= 4 is 34.9 Å². The first-order chi connectivity index (χ1) is 6.88. The summed E-state index contributed by atoms with van der Waals surface area (Å²) in [6.45, 7) is 0. The highest BCUT2D eigenvalue weighted by molar-refractivity contribution is 7.98. The van der Waals surface area contributed by atoms with Crippen LogP contribution in [0.5, 0.6) is 0 Å². The van der Waals surface area contributed by atoms with Gasteiger partial charge in [-0.15, -0.1) is 23.5 Å². The van der Waals surface area contributed by atoms with E-state index in [0.717, 1.165) is 11.8 Å². The Bertz CT molecular complexity index is 239. The summed E-state index contributed by atoms with van der Waals surface area (Å²) in [5, 5.41) is 6.73. The molecule has 78 valence electrons. The fourth-order valence-corrected chi connectivity index (χ4v) is 1.69. The first-order valence-corrected chi connectivity index (χ1v) is 7.22. The van der Waals surface area contributed by atoms with E-state index in [1.165, 1.54) is 11.4 Å². The quantitative estimate of drug-likeness (QED) is 0.730.